The third-order valence-electron chi connectivity index (χ3n) is 4.45. The Bertz CT molecular complexity index is 738. The number of ether oxygens (including phenoxy) is 1. The molecule has 1 aromatic carbocycles. The molecule has 0 aliphatic carbocycles. The lowest BCUT2D eigenvalue weighted by molar-refractivity contribution is 0.0376. The molecule has 0 unspecified atom stereocenters. The average molecular weight is 387 g/mol. The number of thiocarbonyl (C=S) groups is 1. The van der Waals surface area contributed by atoms with Crippen molar-refractivity contribution < 1.29 is 4.74 Å². The summed E-state index contributed by atoms with van der Waals surface area (Å²) in [4.78, 5) is 6.48. The highest BCUT2D eigenvalue weighted by Gasteiger charge is 2.09. The molecule has 0 saturated carbocycles. The predicted octanol–water partition coefficient (Wildman–Crippen LogP) is 1.78. The van der Waals surface area contributed by atoms with E-state index in [0.29, 0.717) is 5.11 Å². The monoisotopic (exact) mass is 386 g/mol. The van der Waals surface area contributed by atoms with Crippen molar-refractivity contribution in [3.8, 4) is 5.69 Å². The van der Waals surface area contributed by atoms with Gasteiger partial charge in [0, 0.05) is 37.7 Å². The van der Waals surface area contributed by atoms with Crippen LogP contribution in [-0.2, 0) is 4.74 Å². The fourth-order valence-electron chi connectivity index (χ4n) is 2.85. The third kappa shape index (κ3) is 6.13. The second kappa shape index (κ2) is 10.1. The van der Waals surface area contributed by atoms with E-state index in [9.17, 15) is 0 Å². The van der Waals surface area contributed by atoms with Crippen LogP contribution in [0.3, 0.4) is 0 Å². The normalized spacial score (nSPS) is 15.5. The van der Waals surface area contributed by atoms with E-state index >= 15 is 0 Å². The van der Waals surface area contributed by atoms with Gasteiger partial charge in [0.15, 0.2) is 5.11 Å². The van der Waals surface area contributed by atoms with Gasteiger partial charge in [0.1, 0.15) is 0 Å². The summed E-state index contributed by atoms with van der Waals surface area (Å²) in [6, 6.07) is 8.15. The summed E-state index contributed by atoms with van der Waals surface area (Å²) in [5.74, 6) is 0. The topological polar surface area (TPSA) is 66.7 Å². The van der Waals surface area contributed by atoms with Crippen molar-refractivity contribution in [2.24, 2.45) is 5.10 Å². The van der Waals surface area contributed by atoms with Crippen LogP contribution in [0.5, 0.6) is 0 Å². The Morgan fingerprint density at radius 3 is 2.74 bits per heavy atom. The molecule has 2 N–H and O–H groups in total. The molecule has 1 aromatic heterocycles. The zero-order chi connectivity index (χ0) is 18.9. The molecule has 0 spiro atoms. The van der Waals surface area contributed by atoms with Crippen LogP contribution < -0.4 is 10.7 Å². The number of aromatic nitrogens is 2. The maximum absolute atomic E-state index is 5.35. The fourth-order valence-corrected chi connectivity index (χ4v) is 3.00. The van der Waals surface area contributed by atoms with Gasteiger partial charge in [0.05, 0.1) is 25.3 Å². The Labute approximate surface area is 165 Å². The van der Waals surface area contributed by atoms with Gasteiger partial charge in [-0.15, -0.1) is 0 Å². The number of rotatable bonds is 7. The average Bonchev–Trinajstić information content (AvgIpc) is 3.25. The van der Waals surface area contributed by atoms with Crippen LogP contribution in [0, 0.1) is 0 Å². The first-order valence-electron chi connectivity index (χ1n) is 9.19. The highest BCUT2D eigenvalue weighted by molar-refractivity contribution is 7.80. The van der Waals surface area contributed by atoms with E-state index in [1.165, 1.54) is 0 Å². The minimum absolute atomic E-state index is 0.548. The van der Waals surface area contributed by atoms with Crippen LogP contribution in [0.15, 0.2) is 48.1 Å². The van der Waals surface area contributed by atoms with Crippen molar-refractivity contribution >= 4 is 23.0 Å². The number of hydrazone groups is 1. The SMILES string of the molecule is C/C(=N\NC(=S)NCCCN1CCOCC1)c1ccc(-n2ccnc2)cc1. The van der Waals surface area contributed by atoms with Gasteiger partial charge in [-0.05, 0) is 49.8 Å². The Hall–Kier alpha value is -2.29. The Balaban J connectivity index is 1.39. The number of nitrogens with one attached hydrogen (secondary N) is 2. The van der Waals surface area contributed by atoms with Crippen LogP contribution in [0.2, 0.25) is 0 Å². The molecule has 8 heteroatoms. The minimum Gasteiger partial charge on any atom is -0.379 e. The van der Waals surface area contributed by atoms with Crippen molar-refractivity contribution in [2.45, 2.75) is 13.3 Å². The van der Waals surface area contributed by atoms with Crippen LogP contribution >= 0.6 is 12.2 Å². The van der Waals surface area contributed by atoms with Gasteiger partial charge < -0.3 is 14.6 Å². The Kier molecular flexibility index (Phi) is 7.32. The molecule has 0 amide bonds. The van der Waals surface area contributed by atoms with E-state index < -0.39 is 0 Å². The highest BCUT2D eigenvalue weighted by Crippen LogP contribution is 2.10. The first kappa shape index (κ1) is 19.5. The summed E-state index contributed by atoms with van der Waals surface area (Å²) in [6.07, 6.45) is 6.50. The second-order valence-electron chi connectivity index (χ2n) is 6.39. The van der Waals surface area contributed by atoms with Gasteiger partial charge in [-0.3, -0.25) is 10.3 Å². The fraction of sp³-hybridized carbons (Fsp3) is 0.421. The van der Waals surface area contributed by atoms with Crippen LogP contribution in [0.25, 0.3) is 5.69 Å². The van der Waals surface area contributed by atoms with Gasteiger partial charge in [-0.2, -0.15) is 5.10 Å². The lowest BCUT2D eigenvalue weighted by Gasteiger charge is -2.26. The van der Waals surface area contributed by atoms with Gasteiger partial charge in [0.25, 0.3) is 0 Å². The first-order valence-corrected chi connectivity index (χ1v) is 9.60. The highest BCUT2D eigenvalue weighted by atomic mass is 32.1. The lowest BCUT2D eigenvalue weighted by Crippen LogP contribution is -2.39. The Morgan fingerprint density at radius 1 is 1.26 bits per heavy atom. The molecular formula is C19H26N6OS. The molecule has 7 nitrogen and oxygen atoms in total. The molecule has 2 aromatic rings. The number of hydrogen-bond acceptors (Lipinski definition) is 5. The summed E-state index contributed by atoms with van der Waals surface area (Å²) in [6.45, 7) is 7.56. The maximum atomic E-state index is 5.35. The number of hydrogen-bond donors (Lipinski definition) is 2. The molecule has 0 radical (unpaired) electrons. The minimum atomic E-state index is 0.548. The summed E-state index contributed by atoms with van der Waals surface area (Å²) >= 11 is 5.29. The first-order chi connectivity index (χ1) is 13.2. The number of morpholine rings is 1. The predicted molar refractivity (Wildman–Crippen MR) is 111 cm³/mol. The molecule has 0 atom stereocenters. The summed E-state index contributed by atoms with van der Waals surface area (Å²) < 4.78 is 7.32. The van der Waals surface area contributed by atoms with Gasteiger partial charge >= 0.3 is 0 Å². The molecule has 0 bridgehead atoms. The Morgan fingerprint density at radius 2 is 2.04 bits per heavy atom. The van der Waals surface area contributed by atoms with Gasteiger partial charge in [0.2, 0.25) is 0 Å². The zero-order valence-electron chi connectivity index (χ0n) is 15.6. The van der Waals surface area contributed by atoms with E-state index in [1.54, 1.807) is 12.5 Å². The van der Waals surface area contributed by atoms with Crippen LogP contribution in [0.1, 0.15) is 18.9 Å². The molecule has 1 fully saturated rings. The van der Waals surface area contributed by atoms with Crippen molar-refractivity contribution in [3.05, 3.63) is 48.5 Å². The zero-order valence-corrected chi connectivity index (χ0v) is 16.4. The van der Waals surface area contributed by atoms with Crippen LogP contribution in [-0.4, -0.2) is 64.7 Å². The van der Waals surface area contributed by atoms with Gasteiger partial charge in [-0.25, -0.2) is 4.98 Å². The smallest absolute Gasteiger partial charge is 0.186 e. The molecular weight excluding hydrogens is 360 g/mol. The van der Waals surface area contributed by atoms with Gasteiger partial charge in [-0.1, -0.05) is 12.1 Å². The van der Waals surface area contributed by atoms with E-state index in [-0.39, 0.29) is 0 Å². The molecule has 2 heterocycles. The van der Waals surface area contributed by atoms with Crippen LogP contribution in [0.4, 0.5) is 0 Å². The summed E-state index contributed by atoms with van der Waals surface area (Å²) in [5, 5.41) is 8.12. The quantitative estimate of drug-likeness (QED) is 0.327. The standard InChI is InChI=1S/C19H26N6OS/c1-16(17-3-5-18(6-4-17)25-10-8-20-15-25)22-23-19(27)21-7-2-9-24-11-13-26-14-12-24/h3-6,8,10,15H,2,7,9,11-14H2,1H3,(H2,21,23,27)/b22-16+. The number of nitrogens with zero attached hydrogens (tertiary/aromatic N) is 4. The van der Waals surface area contributed by atoms with E-state index in [4.69, 9.17) is 17.0 Å². The molecule has 1 saturated heterocycles. The largest absolute Gasteiger partial charge is 0.379 e. The third-order valence-corrected chi connectivity index (χ3v) is 4.69. The lowest BCUT2D eigenvalue weighted by atomic mass is 10.1. The van der Waals surface area contributed by atoms with Crippen molar-refractivity contribution in [1.29, 1.82) is 0 Å². The number of benzene rings is 1. The summed E-state index contributed by atoms with van der Waals surface area (Å²) in [5.41, 5.74) is 5.91. The maximum Gasteiger partial charge on any atom is 0.186 e. The molecule has 27 heavy (non-hydrogen) atoms. The molecule has 1 aliphatic rings. The molecule has 1 aliphatic heterocycles. The molecule has 144 valence electrons. The van der Waals surface area contributed by atoms with Crippen molar-refractivity contribution in [1.82, 2.24) is 25.2 Å². The van der Waals surface area contributed by atoms with E-state index in [1.807, 2.05) is 42.0 Å². The molecule has 3 rings (SSSR count). The van der Waals surface area contributed by atoms with E-state index in [0.717, 1.165) is 62.8 Å². The van der Waals surface area contributed by atoms with Crippen molar-refractivity contribution in [2.75, 3.05) is 39.4 Å². The summed E-state index contributed by atoms with van der Waals surface area (Å²) in [7, 11) is 0. The number of imidazole rings is 1. The second-order valence-corrected chi connectivity index (χ2v) is 6.80. The van der Waals surface area contributed by atoms with E-state index in [2.05, 4.69) is 25.7 Å². The van der Waals surface area contributed by atoms with Crippen molar-refractivity contribution in [3.63, 3.8) is 0 Å².